The summed E-state index contributed by atoms with van der Waals surface area (Å²) in [7, 11) is 0. The normalized spacial score (nSPS) is 17.5. The maximum atomic E-state index is 13.6. The summed E-state index contributed by atoms with van der Waals surface area (Å²) in [5.41, 5.74) is 5.79. The van der Waals surface area contributed by atoms with E-state index in [0.717, 1.165) is 18.9 Å². The summed E-state index contributed by atoms with van der Waals surface area (Å²) in [5, 5.41) is 9.47. The number of aromatic hydroxyl groups is 1. The minimum absolute atomic E-state index is 0.130. The van der Waals surface area contributed by atoms with Gasteiger partial charge in [0.15, 0.2) is 0 Å². The minimum Gasteiger partial charge on any atom is -0.507 e. The van der Waals surface area contributed by atoms with Gasteiger partial charge in [0.2, 0.25) is 0 Å². The first-order valence-electron chi connectivity index (χ1n) is 5.07. The molecule has 0 radical (unpaired) electrons. The minimum atomic E-state index is -0.798. The first-order valence-corrected chi connectivity index (χ1v) is 5.86. The molecule has 0 aromatic heterocycles. The van der Waals surface area contributed by atoms with Crippen molar-refractivity contribution in [2.45, 2.75) is 31.2 Å². The molecule has 1 aliphatic carbocycles. The van der Waals surface area contributed by atoms with Gasteiger partial charge in [-0.1, -0.05) is 0 Å². The Hall–Kier alpha value is -0.680. The monoisotopic (exact) mass is 291 g/mol. The van der Waals surface area contributed by atoms with Gasteiger partial charge in [0.25, 0.3) is 0 Å². The average Bonchev–Trinajstić information content (AvgIpc) is 2.93. The van der Waals surface area contributed by atoms with Gasteiger partial charge in [-0.3, -0.25) is 0 Å². The standard InChI is InChI=1S/C11H12BrF2NO/c12-9-7(13)5-8(16)6(10(9)14)1-2-11(15)3-4-11/h5,16H,1-4,15H2. The lowest BCUT2D eigenvalue weighted by molar-refractivity contribution is 0.443. The molecule has 1 saturated carbocycles. The topological polar surface area (TPSA) is 46.2 Å². The van der Waals surface area contributed by atoms with Gasteiger partial charge in [0, 0.05) is 17.2 Å². The molecule has 1 aromatic carbocycles. The Balaban J connectivity index is 2.22. The molecule has 0 amide bonds. The van der Waals surface area contributed by atoms with E-state index in [4.69, 9.17) is 5.73 Å². The summed E-state index contributed by atoms with van der Waals surface area (Å²) in [5.74, 6) is -1.88. The second-order valence-corrected chi connectivity index (χ2v) is 5.14. The van der Waals surface area contributed by atoms with Crippen molar-refractivity contribution < 1.29 is 13.9 Å². The molecule has 0 saturated heterocycles. The largest absolute Gasteiger partial charge is 0.507 e. The van der Waals surface area contributed by atoms with Crippen LogP contribution in [0.3, 0.4) is 0 Å². The summed E-state index contributed by atoms with van der Waals surface area (Å²) >= 11 is 2.81. The van der Waals surface area contributed by atoms with Crippen LogP contribution in [0.15, 0.2) is 10.5 Å². The predicted octanol–water partition coefficient (Wildman–Crippen LogP) is 2.86. The summed E-state index contributed by atoms with van der Waals surface area (Å²) in [6.45, 7) is 0. The third-order valence-electron chi connectivity index (χ3n) is 3.01. The zero-order chi connectivity index (χ0) is 11.9. The fraction of sp³-hybridized carbons (Fsp3) is 0.455. The van der Waals surface area contributed by atoms with Crippen LogP contribution in [0.1, 0.15) is 24.8 Å². The number of benzene rings is 1. The van der Waals surface area contributed by atoms with Crippen molar-refractivity contribution in [2.24, 2.45) is 5.73 Å². The van der Waals surface area contributed by atoms with Gasteiger partial charge in [-0.15, -0.1) is 0 Å². The highest BCUT2D eigenvalue weighted by atomic mass is 79.9. The lowest BCUT2D eigenvalue weighted by atomic mass is 10.0. The van der Waals surface area contributed by atoms with Crippen molar-refractivity contribution >= 4 is 15.9 Å². The molecule has 5 heteroatoms. The van der Waals surface area contributed by atoms with Crippen LogP contribution in [0.4, 0.5) is 8.78 Å². The average molecular weight is 292 g/mol. The number of hydrogen-bond acceptors (Lipinski definition) is 2. The Morgan fingerprint density at radius 3 is 2.62 bits per heavy atom. The zero-order valence-corrected chi connectivity index (χ0v) is 10.2. The fourth-order valence-electron chi connectivity index (χ4n) is 1.64. The molecule has 0 heterocycles. The van der Waals surface area contributed by atoms with E-state index in [0.29, 0.717) is 12.8 Å². The second-order valence-electron chi connectivity index (χ2n) is 4.35. The Kier molecular flexibility index (Phi) is 2.92. The van der Waals surface area contributed by atoms with E-state index in [1.54, 1.807) is 0 Å². The van der Waals surface area contributed by atoms with Crippen LogP contribution >= 0.6 is 15.9 Å². The Morgan fingerprint density at radius 2 is 2.06 bits per heavy atom. The number of phenolic OH excluding ortho intramolecular Hbond substituents is 1. The van der Waals surface area contributed by atoms with Crippen LogP contribution in [0.25, 0.3) is 0 Å². The fourth-order valence-corrected chi connectivity index (χ4v) is 2.00. The number of halogens is 3. The van der Waals surface area contributed by atoms with Crippen molar-refractivity contribution in [3.8, 4) is 5.75 Å². The summed E-state index contributed by atoms with van der Waals surface area (Å²) in [6, 6.07) is 0.915. The van der Waals surface area contributed by atoms with Gasteiger partial charge in [0.1, 0.15) is 17.4 Å². The van der Waals surface area contributed by atoms with Crippen LogP contribution in [-0.2, 0) is 6.42 Å². The van der Waals surface area contributed by atoms with Gasteiger partial charge < -0.3 is 10.8 Å². The molecule has 1 aliphatic rings. The van der Waals surface area contributed by atoms with Crippen LogP contribution in [0.2, 0.25) is 0 Å². The molecule has 2 rings (SSSR count). The molecular formula is C11H12BrF2NO. The Bertz CT molecular complexity index is 432. The van der Waals surface area contributed by atoms with Crippen LogP contribution in [0.5, 0.6) is 5.75 Å². The quantitative estimate of drug-likeness (QED) is 0.841. The summed E-state index contributed by atoms with van der Waals surface area (Å²) in [4.78, 5) is 0. The van der Waals surface area contributed by atoms with E-state index in [1.165, 1.54) is 0 Å². The van der Waals surface area contributed by atoms with Gasteiger partial charge in [-0.05, 0) is 41.6 Å². The van der Waals surface area contributed by atoms with Crippen molar-refractivity contribution in [1.82, 2.24) is 0 Å². The molecular weight excluding hydrogens is 280 g/mol. The number of phenols is 1. The van der Waals surface area contributed by atoms with Crippen LogP contribution in [0, 0.1) is 11.6 Å². The van der Waals surface area contributed by atoms with Crippen molar-refractivity contribution in [2.75, 3.05) is 0 Å². The molecule has 2 nitrogen and oxygen atoms in total. The van der Waals surface area contributed by atoms with Crippen LogP contribution < -0.4 is 5.73 Å². The third-order valence-corrected chi connectivity index (χ3v) is 3.73. The molecule has 1 aromatic rings. The highest BCUT2D eigenvalue weighted by Crippen LogP contribution is 2.38. The van der Waals surface area contributed by atoms with E-state index in [9.17, 15) is 13.9 Å². The second kappa shape index (κ2) is 3.96. The van der Waals surface area contributed by atoms with Gasteiger partial charge in [-0.2, -0.15) is 0 Å². The maximum Gasteiger partial charge on any atom is 0.147 e. The smallest absolute Gasteiger partial charge is 0.147 e. The van der Waals surface area contributed by atoms with Gasteiger partial charge in [-0.25, -0.2) is 8.78 Å². The molecule has 0 atom stereocenters. The predicted molar refractivity (Wildman–Crippen MR) is 60.2 cm³/mol. The van der Waals surface area contributed by atoms with Crippen molar-refractivity contribution in [3.63, 3.8) is 0 Å². The molecule has 0 spiro atoms. The highest BCUT2D eigenvalue weighted by molar-refractivity contribution is 9.10. The Morgan fingerprint density at radius 1 is 1.44 bits per heavy atom. The molecule has 16 heavy (non-hydrogen) atoms. The molecule has 3 N–H and O–H groups in total. The van der Waals surface area contributed by atoms with E-state index in [1.807, 2.05) is 0 Å². The lowest BCUT2D eigenvalue weighted by Crippen LogP contribution is -2.22. The van der Waals surface area contributed by atoms with E-state index in [-0.39, 0.29) is 21.3 Å². The molecule has 1 fully saturated rings. The number of nitrogens with two attached hydrogens (primary N) is 1. The van der Waals surface area contributed by atoms with Crippen molar-refractivity contribution in [3.05, 3.63) is 27.7 Å². The summed E-state index contributed by atoms with van der Waals surface area (Å²) < 4.78 is 26.4. The molecule has 0 bridgehead atoms. The van der Waals surface area contributed by atoms with Gasteiger partial charge >= 0.3 is 0 Å². The zero-order valence-electron chi connectivity index (χ0n) is 8.56. The highest BCUT2D eigenvalue weighted by Gasteiger charge is 2.37. The van der Waals surface area contributed by atoms with Crippen LogP contribution in [-0.4, -0.2) is 10.6 Å². The number of hydrogen-bond donors (Lipinski definition) is 2. The van der Waals surface area contributed by atoms with Gasteiger partial charge in [0.05, 0.1) is 4.47 Å². The van der Waals surface area contributed by atoms with Crippen molar-refractivity contribution in [1.29, 1.82) is 0 Å². The molecule has 0 aliphatic heterocycles. The first-order chi connectivity index (χ1) is 7.43. The molecule has 0 unspecified atom stereocenters. The third kappa shape index (κ3) is 2.20. The maximum absolute atomic E-state index is 13.6. The lowest BCUT2D eigenvalue weighted by Gasteiger charge is -2.11. The van der Waals surface area contributed by atoms with E-state index < -0.39 is 11.6 Å². The Labute approximate surface area is 101 Å². The number of rotatable bonds is 3. The van der Waals surface area contributed by atoms with E-state index >= 15 is 0 Å². The SMILES string of the molecule is NC1(CCc2c(O)cc(F)c(Br)c2F)CC1. The molecule has 88 valence electrons. The summed E-state index contributed by atoms with van der Waals surface area (Å²) in [6.07, 6.45) is 2.79. The van der Waals surface area contributed by atoms with E-state index in [2.05, 4.69) is 15.9 Å². The first kappa shape index (κ1) is 11.8.